The smallest absolute Gasteiger partial charge is 0.269 e. The molecule has 1 aromatic carbocycles. The van der Waals surface area contributed by atoms with Crippen LogP contribution in [0.4, 0.5) is 4.39 Å². The summed E-state index contributed by atoms with van der Waals surface area (Å²) in [6.45, 7) is 0. The van der Waals surface area contributed by atoms with Gasteiger partial charge in [-0.3, -0.25) is 15.1 Å². The number of amides is 1. The van der Waals surface area contributed by atoms with Crippen LogP contribution >= 0.6 is 0 Å². The molecular weight excluding hydrogens is 237 g/mol. The van der Waals surface area contributed by atoms with Gasteiger partial charge in [0.05, 0.1) is 6.42 Å². The van der Waals surface area contributed by atoms with Crippen molar-refractivity contribution in [3.05, 3.63) is 35.1 Å². The first-order valence-corrected chi connectivity index (χ1v) is 5.86. The Labute approximate surface area is 91.8 Å². The lowest BCUT2D eigenvalue weighted by Gasteiger charge is -2.03. The average molecular weight is 246 g/mol. The summed E-state index contributed by atoms with van der Waals surface area (Å²) in [4.78, 5) is 10.5. The van der Waals surface area contributed by atoms with Crippen LogP contribution in [0.25, 0.3) is 0 Å². The molecule has 0 bridgehead atoms. The first-order chi connectivity index (χ1) is 7.28. The maximum Gasteiger partial charge on any atom is 0.269 e. The first kappa shape index (κ1) is 12.6. The van der Waals surface area contributed by atoms with Crippen LogP contribution in [0.5, 0.6) is 0 Å². The van der Waals surface area contributed by atoms with Gasteiger partial charge in [-0.2, -0.15) is 8.42 Å². The van der Waals surface area contributed by atoms with E-state index in [0.717, 1.165) is 12.1 Å². The van der Waals surface area contributed by atoms with Crippen molar-refractivity contribution >= 4 is 16.0 Å². The van der Waals surface area contributed by atoms with Gasteiger partial charge in [-0.05, 0) is 11.6 Å². The van der Waals surface area contributed by atoms with Crippen LogP contribution < -0.4 is 5.73 Å². The van der Waals surface area contributed by atoms with Crippen LogP contribution in [0.3, 0.4) is 0 Å². The van der Waals surface area contributed by atoms with Gasteiger partial charge < -0.3 is 0 Å². The van der Waals surface area contributed by atoms with E-state index in [1.54, 1.807) is 0 Å². The fourth-order valence-corrected chi connectivity index (χ4v) is 1.84. The molecule has 0 heterocycles. The highest BCUT2D eigenvalue weighted by atomic mass is 32.2. The minimum Gasteiger partial charge on any atom is -0.285 e. The molecule has 2 N–H and O–H groups in total. The van der Waals surface area contributed by atoms with Gasteiger partial charge >= 0.3 is 0 Å². The van der Waals surface area contributed by atoms with E-state index in [1.807, 2.05) is 0 Å². The maximum atomic E-state index is 13.1. The topological polar surface area (TPSA) is 95.2 Å². The van der Waals surface area contributed by atoms with Crippen molar-refractivity contribution in [2.45, 2.75) is 12.2 Å². The second kappa shape index (κ2) is 4.58. The molecule has 0 saturated heterocycles. The first-order valence-electron chi connectivity index (χ1n) is 4.25. The Morgan fingerprint density at radius 2 is 2.06 bits per heavy atom. The summed E-state index contributed by atoms with van der Waals surface area (Å²) in [5, 5.41) is 0. The van der Waals surface area contributed by atoms with E-state index in [9.17, 15) is 17.6 Å². The van der Waals surface area contributed by atoms with Crippen molar-refractivity contribution in [3.63, 3.8) is 0 Å². The molecular formula is C9H9FNO4S. The minimum atomic E-state index is -4.32. The molecule has 0 aliphatic carbocycles. The molecule has 0 spiro atoms. The number of benzene rings is 1. The average Bonchev–Trinajstić information content (AvgIpc) is 2.07. The van der Waals surface area contributed by atoms with Crippen LogP contribution in [-0.2, 0) is 27.1 Å². The van der Waals surface area contributed by atoms with Gasteiger partial charge in [0.2, 0.25) is 5.91 Å². The molecule has 0 aromatic heterocycles. The molecule has 5 nitrogen and oxygen atoms in total. The van der Waals surface area contributed by atoms with Crippen molar-refractivity contribution in [1.82, 2.24) is 5.73 Å². The predicted molar refractivity (Wildman–Crippen MR) is 53.5 cm³/mol. The molecule has 1 rings (SSSR count). The number of rotatable bonds is 4. The standard InChI is InChI=1S/C9H9FNO4S/c10-8-2-1-6(4-9(11)12)3-7(8)5-16(13,14)15/h1-3,11H,4-5H2,(H,13,14,15). The van der Waals surface area contributed by atoms with E-state index < -0.39 is 27.6 Å². The van der Waals surface area contributed by atoms with Crippen molar-refractivity contribution < 1.29 is 22.2 Å². The zero-order chi connectivity index (χ0) is 12.3. The third-order valence-electron chi connectivity index (χ3n) is 1.81. The maximum absolute atomic E-state index is 13.1. The highest BCUT2D eigenvalue weighted by molar-refractivity contribution is 7.85. The molecule has 0 atom stereocenters. The Morgan fingerprint density at radius 1 is 1.44 bits per heavy atom. The van der Waals surface area contributed by atoms with Gasteiger partial charge in [0.15, 0.2) is 0 Å². The largest absolute Gasteiger partial charge is 0.285 e. The molecule has 7 heteroatoms. The lowest BCUT2D eigenvalue weighted by atomic mass is 10.1. The summed E-state index contributed by atoms with van der Waals surface area (Å²) in [5.41, 5.74) is 6.83. The van der Waals surface area contributed by atoms with Crippen LogP contribution in [0.1, 0.15) is 11.1 Å². The number of hydrogen-bond donors (Lipinski definition) is 1. The normalized spacial score (nSPS) is 11.4. The quantitative estimate of drug-likeness (QED) is 0.785. The van der Waals surface area contributed by atoms with Gasteiger partial charge in [0.25, 0.3) is 10.1 Å². The van der Waals surface area contributed by atoms with Crippen LogP contribution in [-0.4, -0.2) is 18.9 Å². The highest BCUT2D eigenvalue weighted by Crippen LogP contribution is 2.13. The van der Waals surface area contributed by atoms with Crippen molar-refractivity contribution in [1.29, 1.82) is 0 Å². The summed E-state index contributed by atoms with van der Waals surface area (Å²) in [5.74, 6) is -2.48. The minimum absolute atomic E-state index is 0.221. The lowest BCUT2D eigenvalue weighted by molar-refractivity contribution is -0.118. The summed E-state index contributed by atoms with van der Waals surface area (Å²) in [6, 6.07) is 3.43. The molecule has 0 fully saturated rings. The molecule has 87 valence electrons. The van der Waals surface area contributed by atoms with E-state index in [-0.39, 0.29) is 12.0 Å². The number of carbonyl (C=O) groups is 1. The van der Waals surface area contributed by atoms with E-state index in [1.165, 1.54) is 6.07 Å². The van der Waals surface area contributed by atoms with Crippen LogP contribution in [0.15, 0.2) is 18.2 Å². The Hall–Kier alpha value is -1.47. The summed E-state index contributed by atoms with van der Waals surface area (Å²) >= 11 is 0. The Balaban J connectivity index is 3.04. The molecule has 0 aliphatic heterocycles. The second-order valence-corrected chi connectivity index (χ2v) is 4.70. The molecule has 0 aliphatic rings. The molecule has 0 unspecified atom stereocenters. The summed E-state index contributed by atoms with van der Waals surface area (Å²) in [6.07, 6.45) is -0.223. The van der Waals surface area contributed by atoms with Crippen LogP contribution in [0, 0.1) is 5.82 Å². The Kier molecular flexibility index (Phi) is 3.61. The van der Waals surface area contributed by atoms with Gasteiger partial charge in [-0.25, -0.2) is 4.39 Å². The van der Waals surface area contributed by atoms with E-state index in [4.69, 9.17) is 10.3 Å². The molecule has 16 heavy (non-hydrogen) atoms. The predicted octanol–water partition coefficient (Wildman–Crippen LogP) is 0.566. The SMILES string of the molecule is [NH]C(=O)Cc1ccc(F)c(CS(=O)(=O)O)c1. The summed E-state index contributed by atoms with van der Waals surface area (Å²) in [7, 11) is -4.32. The van der Waals surface area contributed by atoms with E-state index in [0.29, 0.717) is 5.56 Å². The lowest BCUT2D eigenvalue weighted by Crippen LogP contribution is -2.07. The fourth-order valence-electron chi connectivity index (χ4n) is 1.23. The van der Waals surface area contributed by atoms with Crippen molar-refractivity contribution in [2.75, 3.05) is 0 Å². The third-order valence-corrected chi connectivity index (χ3v) is 2.49. The van der Waals surface area contributed by atoms with Crippen LogP contribution in [0.2, 0.25) is 0 Å². The Bertz CT molecular complexity index is 512. The van der Waals surface area contributed by atoms with Gasteiger partial charge in [-0.15, -0.1) is 0 Å². The monoisotopic (exact) mass is 246 g/mol. The number of carbonyl (C=O) groups excluding carboxylic acids is 1. The molecule has 1 radical (unpaired) electrons. The van der Waals surface area contributed by atoms with Gasteiger partial charge in [0, 0.05) is 5.56 Å². The number of halogens is 1. The van der Waals surface area contributed by atoms with Crippen molar-refractivity contribution in [2.24, 2.45) is 0 Å². The van der Waals surface area contributed by atoms with Gasteiger partial charge in [0.1, 0.15) is 11.6 Å². The molecule has 1 amide bonds. The molecule has 0 saturated carbocycles. The fraction of sp³-hybridized carbons (Fsp3) is 0.222. The van der Waals surface area contributed by atoms with Gasteiger partial charge in [-0.1, -0.05) is 12.1 Å². The summed E-state index contributed by atoms with van der Waals surface area (Å²) < 4.78 is 42.8. The Morgan fingerprint density at radius 3 is 2.56 bits per heavy atom. The number of nitrogens with one attached hydrogen (secondary N) is 1. The zero-order valence-corrected chi connectivity index (χ0v) is 8.92. The number of hydrogen-bond acceptors (Lipinski definition) is 3. The third kappa shape index (κ3) is 3.95. The van der Waals surface area contributed by atoms with E-state index >= 15 is 0 Å². The highest BCUT2D eigenvalue weighted by Gasteiger charge is 2.12. The van der Waals surface area contributed by atoms with Crippen molar-refractivity contribution in [3.8, 4) is 0 Å². The molecule has 1 aromatic rings. The second-order valence-electron chi connectivity index (χ2n) is 3.25. The zero-order valence-electron chi connectivity index (χ0n) is 8.10. The van der Waals surface area contributed by atoms with E-state index in [2.05, 4.69) is 0 Å².